The lowest BCUT2D eigenvalue weighted by Crippen LogP contribution is -2.49. The van der Waals surface area contributed by atoms with Crippen LogP contribution in [0.4, 0.5) is 5.69 Å². The first kappa shape index (κ1) is 17.6. The van der Waals surface area contributed by atoms with E-state index in [4.69, 9.17) is 0 Å². The summed E-state index contributed by atoms with van der Waals surface area (Å²) in [7, 11) is 0. The summed E-state index contributed by atoms with van der Waals surface area (Å²) in [6.45, 7) is 10.5. The highest BCUT2D eigenvalue weighted by atomic mass is 16.2. The van der Waals surface area contributed by atoms with Crippen molar-refractivity contribution in [3.05, 3.63) is 48.0 Å². The van der Waals surface area contributed by atoms with Crippen LogP contribution in [0.15, 0.2) is 36.9 Å². The van der Waals surface area contributed by atoms with Crippen molar-refractivity contribution in [2.24, 2.45) is 0 Å². The van der Waals surface area contributed by atoms with Crippen molar-refractivity contribution < 1.29 is 4.79 Å². The Morgan fingerprint density at radius 3 is 2.52 bits per heavy atom. The largest absolute Gasteiger partial charge is 0.336 e. The maximum atomic E-state index is 12.3. The number of hydrogen-bond donors (Lipinski definition) is 1. The van der Waals surface area contributed by atoms with Crippen LogP contribution < -0.4 is 5.32 Å². The average molecular weight is 341 g/mol. The molecule has 2 heterocycles. The molecule has 2 aromatic rings. The Morgan fingerprint density at radius 1 is 1.08 bits per heavy atom. The molecule has 1 fully saturated rings. The topological polar surface area (TPSA) is 53.4 Å². The number of rotatable bonds is 6. The summed E-state index contributed by atoms with van der Waals surface area (Å²) in [6, 6.07) is 6.04. The molecule has 25 heavy (non-hydrogen) atoms. The molecule has 1 aliphatic rings. The van der Waals surface area contributed by atoms with E-state index in [2.05, 4.69) is 38.5 Å². The molecule has 6 nitrogen and oxygen atoms in total. The molecule has 1 aliphatic heterocycles. The van der Waals surface area contributed by atoms with Gasteiger partial charge in [-0.3, -0.25) is 14.6 Å². The van der Waals surface area contributed by atoms with Crippen LogP contribution in [0.1, 0.15) is 11.1 Å². The van der Waals surface area contributed by atoms with E-state index in [0.29, 0.717) is 6.54 Å². The molecule has 0 spiro atoms. The monoisotopic (exact) mass is 341 g/mol. The number of piperazine rings is 1. The summed E-state index contributed by atoms with van der Waals surface area (Å²) in [4.78, 5) is 21.0. The Morgan fingerprint density at radius 2 is 1.84 bits per heavy atom. The molecule has 0 unspecified atom stereocenters. The van der Waals surface area contributed by atoms with Crippen molar-refractivity contribution in [1.82, 2.24) is 19.4 Å². The maximum absolute atomic E-state index is 12.3. The number of aromatic nitrogens is 2. The number of anilines is 1. The quantitative estimate of drug-likeness (QED) is 0.870. The number of carbonyl (C=O) groups excluding carboxylic acids is 1. The van der Waals surface area contributed by atoms with E-state index >= 15 is 0 Å². The van der Waals surface area contributed by atoms with Crippen LogP contribution in [-0.4, -0.2) is 64.5 Å². The highest BCUT2D eigenvalue weighted by Crippen LogP contribution is 2.14. The minimum atomic E-state index is 0.0649. The first-order valence-corrected chi connectivity index (χ1v) is 8.88. The van der Waals surface area contributed by atoms with Gasteiger partial charge in [0.2, 0.25) is 5.91 Å². The van der Waals surface area contributed by atoms with Crippen LogP contribution >= 0.6 is 0 Å². The molecule has 1 N–H and O–H groups in total. The minimum Gasteiger partial charge on any atom is -0.336 e. The standard InChI is InChI=1S/C19H27N5O/c1-16-3-4-18(13-17(16)2)21-19(25)14-23-10-7-22(8-11-23)9-12-24-6-5-20-15-24/h3-6,13,15H,7-12,14H2,1-2H3,(H,21,25). The van der Waals surface area contributed by atoms with Gasteiger partial charge in [0.1, 0.15) is 0 Å². The molecule has 0 radical (unpaired) electrons. The van der Waals surface area contributed by atoms with Gasteiger partial charge in [0.25, 0.3) is 0 Å². The van der Waals surface area contributed by atoms with Crippen molar-refractivity contribution in [1.29, 1.82) is 0 Å². The molecule has 0 aliphatic carbocycles. The smallest absolute Gasteiger partial charge is 0.238 e. The van der Waals surface area contributed by atoms with Gasteiger partial charge in [-0.05, 0) is 37.1 Å². The first-order valence-electron chi connectivity index (χ1n) is 8.88. The summed E-state index contributed by atoms with van der Waals surface area (Å²) in [5, 5.41) is 3.01. The minimum absolute atomic E-state index is 0.0649. The number of nitrogens with one attached hydrogen (secondary N) is 1. The lowest BCUT2D eigenvalue weighted by Gasteiger charge is -2.34. The number of hydrogen-bond acceptors (Lipinski definition) is 4. The predicted octanol–water partition coefficient (Wildman–Crippen LogP) is 1.76. The second-order valence-electron chi connectivity index (χ2n) is 6.77. The first-order chi connectivity index (χ1) is 12.1. The molecule has 1 saturated heterocycles. The van der Waals surface area contributed by atoms with Crippen molar-refractivity contribution in [2.45, 2.75) is 20.4 Å². The summed E-state index contributed by atoms with van der Waals surface area (Å²) in [5.74, 6) is 0.0649. The average Bonchev–Trinajstić information content (AvgIpc) is 3.11. The van der Waals surface area contributed by atoms with Gasteiger partial charge in [-0.2, -0.15) is 0 Å². The van der Waals surface area contributed by atoms with Crippen LogP contribution in [0.2, 0.25) is 0 Å². The van der Waals surface area contributed by atoms with Gasteiger partial charge >= 0.3 is 0 Å². The number of nitrogens with zero attached hydrogens (tertiary/aromatic N) is 4. The summed E-state index contributed by atoms with van der Waals surface area (Å²) in [5.41, 5.74) is 3.32. The normalized spacial score (nSPS) is 16.1. The molecule has 134 valence electrons. The van der Waals surface area contributed by atoms with Gasteiger partial charge < -0.3 is 9.88 Å². The highest BCUT2D eigenvalue weighted by molar-refractivity contribution is 5.92. The molecule has 3 rings (SSSR count). The number of aryl methyl sites for hydroxylation is 2. The summed E-state index contributed by atoms with van der Waals surface area (Å²) < 4.78 is 2.10. The molecule has 6 heteroatoms. The van der Waals surface area contributed by atoms with Gasteiger partial charge in [-0.1, -0.05) is 6.07 Å². The second kappa shape index (κ2) is 8.27. The van der Waals surface area contributed by atoms with Crippen LogP contribution in [0, 0.1) is 13.8 Å². The van der Waals surface area contributed by atoms with E-state index < -0.39 is 0 Å². The summed E-state index contributed by atoms with van der Waals surface area (Å²) >= 11 is 0. The third-order valence-corrected chi connectivity index (χ3v) is 4.86. The Bertz CT molecular complexity index is 690. The molecule has 0 bridgehead atoms. The zero-order chi connectivity index (χ0) is 17.6. The van der Waals surface area contributed by atoms with Gasteiger partial charge in [-0.25, -0.2) is 4.98 Å². The van der Waals surface area contributed by atoms with E-state index in [1.54, 1.807) is 0 Å². The number of carbonyl (C=O) groups is 1. The van der Waals surface area contributed by atoms with Gasteiger partial charge in [0, 0.05) is 57.3 Å². The van der Waals surface area contributed by atoms with Gasteiger partial charge in [0.05, 0.1) is 12.9 Å². The van der Waals surface area contributed by atoms with E-state index in [0.717, 1.165) is 45.0 Å². The molecule has 0 saturated carbocycles. The molecule has 1 aromatic heterocycles. The Kier molecular flexibility index (Phi) is 5.83. The SMILES string of the molecule is Cc1ccc(NC(=O)CN2CCN(CCn3ccnc3)CC2)cc1C. The fourth-order valence-corrected chi connectivity index (χ4v) is 3.07. The van der Waals surface area contributed by atoms with E-state index in [1.165, 1.54) is 11.1 Å². The zero-order valence-corrected chi connectivity index (χ0v) is 15.1. The molecule has 1 amide bonds. The van der Waals surface area contributed by atoms with Crippen molar-refractivity contribution in [2.75, 3.05) is 44.6 Å². The fourth-order valence-electron chi connectivity index (χ4n) is 3.07. The third-order valence-electron chi connectivity index (χ3n) is 4.86. The second-order valence-corrected chi connectivity index (χ2v) is 6.77. The number of imidazole rings is 1. The van der Waals surface area contributed by atoms with Crippen molar-refractivity contribution in [3.63, 3.8) is 0 Å². The molecular weight excluding hydrogens is 314 g/mol. The van der Waals surface area contributed by atoms with Gasteiger partial charge in [-0.15, -0.1) is 0 Å². The number of amides is 1. The van der Waals surface area contributed by atoms with E-state index in [-0.39, 0.29) is 5.91 Å². The maximum Gasteiger partial charge on any atom is 0.238 e. The van der Waals surface area contributed by atoms with Crippen molar-refractivity contribution in [3.8, 4) is 0 Å². The van der Waals surface area contributed by atoms with Crippen molar-refractivity contribution >= 4 is 11.6 Å². The lowest BCUT2D eigenvalue weighted by molar-refractivity contribution is -0.117. The van der Waals surface area contributed by atoms with E-state index in [1.807, 2.05) is 36.9 Å². The van der Waals surface area contributed by atoms with Crippen LogP contribution in [0.25, 0.3) is 0 Å². The van der Waals surface area contributed by atoms with Crippen LogP contribution in [0.5, 0.6) is 0 Å². The van der Waals surface area contributed by atoms with E-state index in [9.17, 15) is 4.79 Å². The van der Waals surface area contributed by atoms with Crippen LogP contribution in [0.3, 0.4) is 0 Å². The lowest BCUT2D eigenvalue weighted by atomic mass is 10.1. The zero-order valence-electron chi connectivity index (χ0n) is 15.1. The summed E-state index contributed by atoms with van der Waals surface area (Å²) in [6.07, 6.45) is 5.66. The molecular formula is C19H27N5O. The Labute approximate surface area is 149 Å². The predicted molar refractivity (Wildman–Crippen MR) is 99.7 cm³/mol. The third kappa shape index (κ3) is 5.14. The fraction of sp³-hybridized carbons (Fsp3) is 0.474. The Hall–Kier alpha value is -2.18. The molecule has 1 aromatic carbocycles. The Balaban J connectivity index is 1.39. The van der Waals surface area contributed by atoms with Gasteiger partial charge in [0.15, 0.2) is 0 Å². The highest BCUT2D eigenvalue weighted by Gasteiger charge is 2.18. The number of benzene rings is 1. The van der Waals surface area contributed by atoms with Crippen LogP contribution in [-0.2, 0) is 11.3 Å². The molecule has 0 atom stereocenters.